The molecule has 0 aliphatic heterocycles. The van der Waals surface area contributed by atoms with E-state index in [2.05, 4.69) is 31.0 Å². The van der Waals surface area contributed by atoms with E-state index in [1.807, 2.05) is 0 Å². The third-order valence-corrected chi connectivity index (χ3v) is 10.8. The molecule has 0 spiro atoms. The molecule has 0 aromatic carbocycles. The summed E-state index contributed by atoms with van der Waals surface area (Å²) in [6, 6.07) is 0. The molecule has 0 rings (SSSR count). The van der Waals surface area contributed by atoms with Gasteiger partial charge >= 0.3 is 5.97 Å². The highest BCUT2D eigenvalue weighted by atomic mass is 16.5. The van der Waals surface area contributed by atoms with Gasteiger partial charge < -0.3 is 29.6 Å². The molecule has 1 amide bonds. The van der Waals surface area contributed by atoms with Crippen molar-refractivity contribution in [1.29, 1.82) is 0 Å². The number of amides is 1. The van der Waals surface area contributed by atoms with E-state index in [9.17, 15) is 14.4 Å². The summed E-state index contributed by atoms with van der Waals surface area (Å²) < 4.78 is 11.0. The smallest absolute Gasteiger partial charge is 0.306 e. The van der Waals surface area contributed by atoms with E-state index in [1.54, 1.807) is 7.11 Å². The minimum absolute atomic E-state index is 0.00240. The average Bonchev–Trinajstić information content (AvgIpc) is 3.20. The first-order valence-corrected chi connectivity index (χ1v) is 24.2. The van der Waals surface area contributed by atoms with E-state index < -0.39 is 6.61 Å². The van der Waals surface area contributed by atoms with Gasteiger partial charge in [0.25, 0.3) is 0 Å². The van der Waals surface area contributed by atoms with Gasteiger partial charge in [0.05, 0.1) is 0 Å². The number of methoxy groups -OCH3 is 1. The molecular weight excluding hydrogens is 701 g/mol. The molecule has 0 aliphatic rings. The summed E-state index contributed by atoms with van der Waals surface area (Å²) in [5, 5.41) is 11.6. The Balaban J connectivity index is 0. The van der Waals surface area contributed by atoms with Crippen molar-refractivity contribution < 1.29 is 29.0 Å². The first kappa shape index (κ1) is 56.6. The first-order valence-electron chi connectivity index (χ1n) is 24.2. The van der Waals surface area contributed by atoms with Crippen LogP contribution in [-0.2, 0) is 23.9 Å². The van der Waals surface area contributed by atoms with Gasteiger partial charge in [0, 0.05) is 33.1 Å². The number of aliphatic hydroxyl groups is 1. The van der Waals surface area contributed by atoms with Crippen LogP contribution in [0.15, 0.2) is 0 Å². The molecule has 0 saturated heterocycles. The SMILES string of the molecule is CCCCCCCCC(CCCCCCCC)OC(=O)CCCCCCCN(CCCCCCCC=O)CCCNC(=O)CO.CCCCCCCCCOC. The lowest BCUT2D eigenvalue weighted by atomic mass is 10.0. The van der Waals surface area contributed by atoms with Crippen LogP contribution in [0.3, 0.4) is 0 Å². The number of hydrogen-bond donors (Lipinski definition) is 2. The number of aliphatic hydroxyl groups excluding tert-OH is 1. The second kappa shape index (κ2) is 49.6. The Kier molecular flexibility index (Phi) is 50.2. The van der Waals surface area contributed by atoms with Gasteiger partial charge in [0.1, 0.15) is 19.0 Å². The molecule has 0 aromatic rings. The van der Waals surface area contributed by atoms with E-state index in [0.29, 0.717) is 19.4 Å². The number of hydrogen-bond acceptors (Lipinski definition) is 7. The molecule has 2 N–H and O–H groups in total. The highest BCUT2D eigenvalue weighted by Gasteiger charge is 2.14. The van der Waals surface area contributed by atoms with Crippen LogP contribution in [0, 0.1) is 0 Å². The molecular formula is C48H96N2O6. The first-order chi connectivity index (χ1) is 27.5. The van der Waals surface area contributed by atoms with Crippen molar-refractivity contribution in [2.45, 2.75) is 245 Å². The van der Waals surface area contributed by atoms with Crippen molar-refractivity contribution in [3.05, 3.63) is 0 Å². The van der Waals surface area contributed by atoms with Crippen LogP contribution >= 0.6 is 0 Å². The van der Waals surface area contributed by atoms with Gasteiger partial charge in [-0.25, -0.2) is 0 Å². The van der Waals surface area contributed by atoms with E-state index in [-0.39, 0.29) is 18.0 Å². The van der Waals surface area contributed by atoms with E-state index >= 15 is 0 Å². The summed E-state index contributed by atoms with van der Waals surface area (Å²) in [6.45, 7) is 10.9. The minimum atomic E-state index is -0.454. The second-order valence-electron chi connectivity index (χ2n) is 16.3. The third kappa shape index (κ3) is 46.9. The predicted octanol–water partition coefficient (Wildman–Crippen LogP) is 12.5. The molecule has 0 bridgehead atoms. The van der Waals surface area contributed by atoms with Crippen LogP contribution in [0.1, 0.15) is 239 Å². The monoisotopic (exact) mass is 797 g/mol. The van der Waals surface area contributed by atoms with Crippen molar-refractivity contribution in [1.82, 2.24) is 10.2 Å². The Hall–Kier alpha value is -1.51. The number of esters is 1. The van der Waals surface area contributed by atoms with Gasteiger partial charge in [-0.05, 0) is 83.8 Å². The molecule has 0 saturated carbocycles. The Morgan fingerprint density at radius 3 is 1.48 bits per heavy atom. The zero-order valence-electron chi connectivity index (χ0n) is 37.9. The molecule has 0 radical (unpaired) electrons. The number of nitrogens with zero attached hydrogens (tertiary/aromatic N) is 1. The Labute approximate surface area is 348 Å². The standard InChI is InChI=1S/C38H74N2O5.C10H22O/c1-3-5-7-9-14-20-27-36(28-21-15-10-8-6-4-2)45-38(44)29-22-16-13-18-24-32-40(33-26-30-39-37(43)35-42)31-23-17-11-12-19-25-34-41;1-3-4-5-6-7-8-9-10-11-2/h34,36,42H,3-33,35H2,1-2H3,(H,39,43);3-10H2,1-2H3. The van der Waals surface area contributed by atoms with Crippen LogP contribution in [0.2, 0.25) is 0 Å². The fraction of sp³-hybridized carbons (Fsp3) is 0.938. The lowest BCUT2D eigenvalue weighted by Crippen LogP contribution is -2.32. The van der Waals surface area contributed by atoms with Gasteiger partial charge in [0.2, 0.25) is 5.91 Å². The average molecular weight is 797 g/mol. The minimum Gasteiger partial charge on any atom is -0.462 e. The molecule has 334 valence electrons. The maximum Gasteiger partial charge on any atom is 0.306 e. The molecule has 0 aliphatic carbocycles. The van der Waals surface area contributed by atoms with Crippen LogP contribution in [0.5, 0.6) is 0 Å². The van der Waals surface area contributed by atoms with E-state index in [4.69, 9.17) is 14.6 Å². The molecule has 0 unspecified atom stereocenters. The van der Waals surface area contributed by atoms with Gasteiger partial charge in [-0.3, -0.25) is 9.59 Å². The zero-order chi connectivity index (χ0) is 41.4. The zero-order valence-corrected chi connectivity index (χ0v) is 37.9. The molecule has 0 atom stereocenters. The fourth-order valence-corrected chi connectivity index (χ4v) is 7.17. The van der Waals surface area contributed by atoms with Gasteiger partial charge in [-0.15, -0.1) is 0 Å². The van der Waals surface area contributed by atoms with Crippen molar-refractivity contribution in [2.75, 3.05) is 46.5 Å². The number of unbranched alkanes of at least 4 members (excludes halogenated alkanes) is 25. The van der Waals surface area contributed by atoms with Crippen molar-refractivity contribution in [3.8, 4) is 0 Å². The molecule has 0 aromatic heterocycles. The summed E-state index contributed by atoms with van der Waals surface area (Å²) >= 11 is 0. The lowest BCUT2D eigenvalue weighted by molar-refractivity contribution is -0.150. The molecule has 0 heterocycles. The quantitative estimate of drug-likeness (QED) is 0.0359. The fourth-order valence-electron chi connectivity index (χ4n) is 7.17. The Morgan fingerprint density at radius 1 is 0.571 bits per heavy atom. The number of aldehydes is 1. The van der Waals surface area contributed by atoms with Crippen LogP contribution in [0.25, 0.3) is 0 Å². The van der Waals surface area contributed by atoms with Crippen molar-refractivity contribution >= 4 is 18.2 Å². The summed E-state index contributed by atoms with van der Waals surface area (Å²) in [5.41, 5.74) is 0. The van der Waals surface area contributed by atoms with Gasteiger partial charge in [-0.1, -0.05) is 162 Å². The number of carbonyl (C=O) groups excluding carboxylic acids is 3. The molecule has 0 fully saturated rings. The molecule has 8 heteroatoms. The maximum atomic E-state index is 12.7. The Morgan fingerprint density at radius 2 is 1.00 bits per heavy atom. The topological polar surface area (TPSA) is 105 Å². The highest BCUT2D eigenvalue weighted by molar-refractivity contribution is 5.76. The highest BCUT2D eigenvalue weighted by Crippen LogP contribution is 2.18. The summed E-state index contributed by atoms with van der Waals surface area (Å²) in [7, 11) is 1.77. The summed E-state index contributed by atoms with van der Waals surface area (Å²) in [6.07, 6.45) is 41.2. The van der Waals surface area contributed by atoms with Gasteiger partial charge in [0.15, 0.2) is 0 Å². The van der Waals surface area contributed by atoms with Crippen LogP contribution in [-0.4, -0.2) is 80.8 Å². The summed E-state index contributed by atoms with van der Waals surface area (Å²) in [4.78, 5) is 37.0. The largest absolute Gasteiger partial charge is 0.462 e. The maximum absolute atomic E-state index is 12.7. The Bertz CT molecular complexity index is 774. The van der Waals surface area contributed by atoms with Crippen LogP contribution in [0.4, 0.5) is 0 Å². The van der Waals surface area contributed by atoms with E-state index in [0.717, 1.165) is 103 Å². The third-order valence-electron chi connectivity index (χ3n) is 10.8. The lowest BCUT2D eigenvalue weighted by Gasteiger charge is -2.22. The van der Waals surface area contributed by atoms with E-state index in [1.165, 1.54) is 135 Å². The predicted molar refractivity (Wildman–Crippen MR) is 238 cm³/mol. The normalized spacial score (nSPS) is 11.2. The summed E-state index contributed by atoms with van der Waals surface area (Å²) in [5.74, 6) is -0.311. The molecule has 8 nitrogen and oxygen atoms in total. The number of carbonyl (C=O) groups is 3. The molecule has 56 heavy (non-hydrogen) atoms. The number of nitrogens with one attached hydrogen (secondary N) is 1. The van der Waals surface area contributed by atoms with Crippen LogP contribution < -0.4 is 5.32 Å². The number of ether oxygens (including phenoxy) is 2. The van der Waals surface area contributed by atoms with Crippen molar-refractivity contribution in [2.24, 2.45) is 0 Å². The second-order valence-corrected chi connectivity index (χ2v) is 16.3. The van der Waals surface area contributed by atoms with Gasteiger partial charge in [-0.2, -0.15) is 0 Å². The number of rotatable bonds is 44. The van der Waals surface area contributed by atoms with Crippen molar-refractivity contribution in [3.63, 3.8) is 0 Å².